The van der Waals surface area contributed by atoms with Crippen molar-refractivity contribution >= 4 is 28.8 Å². The largest absolute Gasteiger partial charge is 0.359 e. The number of ketones is 1. The first-order chi connectivity index (χ1) is 11.7. The maximum absolute atomic E-state index is 12.9. The smallest absolute Gasteiger partial charge is 0.187 e. The predicted molar refractivity (Wildman–Crippen MR) is 99.8 cm³/mol. The standard InChI is InChI=1S/C19H29N3OS/c23-18-15-11-5-7-12-6-4-10-14(16(12)15)17(18)21-22-19(24)20-13-8-2-1-3-9-13/h12-16H,1-11H2,(H2,20,22,24)/b21-17-. The van der Waals surface area contributed by atoms with E-state index in [0.29, 0.717) is 28.8 Å². The zero-order chi connectivity index (χ0) is 16.5. The van der Waals surface area contributed by atoms with Gasteiger partial charge >= 0.3 is 0 Å². The molecule has 0 aliphatic heterocycles. The van der Waals surface area contributed by atoms with E-state index >= 15 is 0 Å². The van der Waals surface area contributed by atoms with Crippen LogP contribution in [0.1, 0.15) is 70.6 Å². The number of carbonyl (C=O) groups excluding carboxylic acids is 1. The molecule has 4 atom stereocenters. The molecule has 4 fully saturated rings. The molecule has 4 saturated carbocycles. The molecule has 4 unspecified atom stereocenters. The minimum atomic E-state index is 0.245. The molecular weight excluding hydrogens is 318 g/mol. The van der Waals surface area contributed by atoms with Crippen LogP contribution in [0.4, 0.5) is 0 Å². The Morgan fingerprint density at radius 1 is 0.917 bits per heavy atom. The number of carbonyl (C=O) groups is 1. The Hall–Kier alpha value is -0.970. The van der Waals surface area contributed by atoms with Crippen molar-refractivity contribution in [2.45, 2.75) is 76.7 Å². The van der Waals surface area contributed by atoms with Gasteiger partial charge in [0.2, 0.25) is 0 Å². The van der Waals surface area contributed by atoms with Gasteiger partial charge in [0.15, 0.2) is 10.9 Å². The van der Waals surface area contributed by atoms with Crippen molar-refractivity contribution in [1.29, 1.82) is 0 Å². The lowest BCUT2D eigenvalue weighted by Crippen LogP contribution is -2.41. The van der Waals surface area contributed by atoms with Gasteiger partial charge < -0.3 is 5.32 Å². The van der Waals surface area contributed by atoms with Crippen LogP contribution in [0.2, 0.25) is 0 Å². The summed E-state index contributed by atoms with van der Waals surface area (Å²) in [5, 5.41) is 8.49. The molecule has 4 rings (SSSR count). The number of hydrazone groups is 1. The van der Waals surface area contributed by atoms with Crippen molar-refractivity contribution in [3.8, 4) is 0 Å². The third-order valence-electron chi connectivity index (χ3n) is 6.81. The molecule has 0 radical (unpaired) electrons. The number of nitrogens with one attached hydrogen (secondary N) is 2. The molecule has 4 nitrogen and oxygen atoms in total. The summed E-state index contributed by atoms with van der Waals surface area (Å²) in [4.78, 5) is 12.9. The molecule has 4 aliphatic rings. The van der Waals surface area contributed by atoms with Crippen molar-refractivity contribution in [1.82, 2.24) is 10.7 Å². The van der Waals surface area contributed by atoms with Crippen LogP contribution in [0.5, 0.6) is 0 Å². The van der Waals surface area contributed by atoms with Crippen LogP contribution in [-0.4, -0.2) is 22.6 Å². The van der Waals surface area contributed by atoms with Crippen molar-refractivity contribution < 1.29 is 4.79 Å². The summed E-state index contributed by atoms with van der Waals surface area (Å²) < 4.78 is 0. The summed E-state index contributed by atoms with van der Waals surface area (Å²) in [6, 6.07) is 0.472. The normalized spacial score (nSPS) is 38.0. The zero-order valence-corrected chi connectivity index (χ0v) is 15.2. The van der Waals surface area contributed by atoms with Gasteiger partial charge in [-0.05, 0) is 49.7 Å². The fourth-order valence-corrected chi connectivity index (χ4v) is 5.98. The van der Waals surface area contributed by atoms with E-state index in [0.717, 1.165) is 24.5 Å². The molecule has 0 aromatic rings. The molecule has 0 aromatic heterocycles. The quantitative estimate of drug-likeness (QED) is 0.592. The highest BCUT2D eigenvalue weighted by atomic mass is 32.1. The van der Waals surface area contributed by atoms with Crippen LogP contribution in [0.25, 0.3) is 0 Å². The number of nitrogens with zero attached hydrogens (tertiary/aromatic N) is 1. The summed E-state index contributed by atoms with van der Waals surface area (Å²) in [6.45, 7) is 0. The van der Waals surface area contributed by atoms with Crippen molar-refractivity contribution in [2.24, 2.45) is 28.8 Å². The molecule has 0 aromatic carbocycles. The first-order valence-corrected chi connectivity index (χ1v) is 10.3. The Morgan fingerprint density at radius 3 is 2.38 bits per heavy atom. The fourth-order valence-electron chi connectivity index (χ4n) is 5.76. The Balaban J connectivity index is 1.42. The Kier molecular flexibility index (Phi) is 4.88. The van der Waals surface area contributed by atoms with Gasteiger partial charge in [-0.25, -0.2) is 0 Å². The monoisotopic (exact) mass is 347 g/mol. The first kappa shape index (κ1) is 16.5. The van der Waals surface area contributed by atoms with Gasteiger partial charge in [0, 0.05) is 17.9 Å². The van der Waals surface area contributed by atoms with Crippen LogP contribution < -0.4 is 10.7 Å². The number of hydrogen-bond acceptors (Lipinski definition) is 3. The van der Waals surface area contributed by atoms with Gasteiger partial charge in [-0.15, -0.1) is 0 Å². The maximum Gasteiger partial charge on any atom is 0.187 e. The third-order valence-corrected chi connectivity index (χ3v) is 7.02. The molecular formula is C19H29N3OS. The minimum absolute atomic E-state index is 0.245. The second kappa shape index (κ2) is 7.11. The second-order valence-electron chi connectivity index (χ2n) is 8.19. The summed E-state index contributed by atoms with van der Waals surface area (Å²) in [5.41, 5.74) is 3.80. The molecule has 5 heteroatoms. The van der Waals surface area contributed by atoms with Gasteiger partial charge in [-0.3, -0.25) is 10.2 Å². The van der Waals surface area contributed by atoms with Crippen LogP contribution in [0.3, 0.4) is 0 Å². The highest BCUT2D eigenvalue weighted by Crippen LogP contribution is 2.51. The number of Topliss-reactive ketones (excluding diaryl/α,β-unsaturated/α-hetero) is 1. The Morgan fingerprint density at radius 2 is 1.62 bits per heavy atom. The lowest BCUT2D eigenvalue weighted by atomic mass is 9.65. The molecule has 24 heavy (non-hydrogen) atoms. The van der Waals surface area contributed by atoms with Gasteiger partial charge in [0.25, 0.3) is 0 Å². The molecule has 132 valence electrons. The van der Waals surface area contributed by atoms with Crippen molar-refractivity contribution in [3.63, 3.8) is 0 Å². The van der Waals surface area contributed by atoms with E-state index in [1.807, 2.05) is 0 Å². The second-order valence-corrected chi connectivity index (χ2v) is 8.60. The SMILES string of the molecule is O=C1/C(=N\NC(=S)NC2CCCCC2)C2CCCC3CCCC1C32. The summed E-state index contributed by atoms with van der Waals surface area (Å²) in [5.74, 6) is 2.26. The van der Waals surface area contributed by atoms with Crippen LogP contribution in [0.15, 0.2) is 5.10 Å². The van der Waals surface area contributed by atoms with Crippen LogP contribution >= 0.6 is 12.2 Å². The minimum Gasteiger partial charge on any atom is -0.359 e. The fraction of sp³-hybridized carbons (Fsp3) is 0.842. The average Bonchev–Trinajstić information content (AvgIpc) is 2.88. The number of thiocarbonyl (C=S) groups is 1. The summed E-state index contributed by atoms with van der Waals surface area (Å²) in [7, 11) is 0. The zero-order valence-electron chi connectivity index (χ0n) is 14.4. The molecule has 0 bridgehead atoms. The van der Waals surface area contributed by atoms with Crippen LogP contribution in [-0.2, 0) is 4.79 Å². The topological polar surface area (TPSA) is 53.5 Å². The summed E-state index contributed by atoms with van der Waals surface area (Å²) >= 11 is 5.41. The lowest BCUT2D eigenvalue weighted by molar-refractivity contribution is -0.118. The molecule has 2 N–H and O–H groups in total. The summed E-state index contributed by atoms with van der Waals surface area (Å²) in [6.07, 6.45) is 13.6. The number of rotatable bonds is 2. The van der Waals surface area contributed by atoms with E-state index in [-0.39, 0.29) is 5.92 Å². The highest BCUT2D eigenvalue weighted by molar-refractivity contribution is 7.80. The molecule has 4 aliphatic carbocycles. The molecule has 0 spiro atoms. The molecule has 0 heterocycles. The van der Waals surface area contributed by atoms with Gasteiger partial charge in [0.05, 0.1) is 0 Å². The van der Waals surface area contributed by atoms with E-state index in [4.69, 9.17) is 12.2 Å². The van der Waals surface area contributed by atoms with Crippen molar-refractivity contribution in [2.75, 3.05) is 0 Å². The van der Waals surface area contributed by atoms with Gasteiger partial charge in [-0.1, -0.05) is 44.9 Å². The Bertz CT molecular complexity index is 539. The van der Waals surface area contributed by atoms with Crippen LogP contribution in [0, 0.1) is 23.7 Å². The molecule has 0 amide bonds. The first-order valence-electron chi connectivity index (χ1n) is 9.92. The highest BCUT2D eigenvalue weighted by Gasteiger charge is 2.53. The van der Waals surface area contributed by atoms with Gasteiger partial charge in [-0.2, -0.15) is 5.10 Å². The maximum atomic E-state index is 12.9. The Labute approximate surface area is 150 Å². The van der Waals surface area contributed by atoms with E-state index in [1.165, 1.54) is 57.8 Å². The lowest BCUT2D eigenvalue weighted by Gasteiger charge is -2.39. The third kappa shape index (κ3) is 3.12. The number of hydrogen-bond donors (Lipinski definition) is 2. The van der Waals surface area contributed by atoms with E-state index in [1.54, 1.807) is 0 Å². The molecule has 0 saturated heterocycles. The average molecular weight is 348 g/mol. The van der Waals surface area contributed by atoms with Crippen molar-refractivity contribution in [3.05, 3.63) is 0 Å². The van der Waals surface area contributed by atoms with E-state index < -0.39 is 0 Å². The predicted octanol–water partition coefficient (Wildman–Crippen LogP) is 3.55. The van der Waals surface area contributed by atoms with Gasteiger partial charge in [0.1, 0.15) is 5.71 Å². The van der Waals surface area contributed by atoms with E-state index in [2.05, 4.69) is 15.8 Å². The van der Waals surface area contributed by atoms with E-state index in [9.17, 15) is 4.79 Å².